The molecule has 1 heterocycles. The molecule has 4 nitrogen and oxygen atoms in total. The zero-order chi connectivity index (χ0) is 10.8. The third kappa shape index (κ3) is 1.78. The molecule has 0 fully saturated rings. The fourth-order valence-corrected chi connectivity index (χ4v) is 1.51. The van der Waals surface area contributed by atoms with Crippen LogP contribution in [0.3, 0.4) is 0 Å². The molecule has 1 N–H and O–H groups in total. The smallest absolute Gasteiger partial charge is 0.172 e. The third-order valence-electron chi connectivity index (χ3n) is 1.97. The Morgan fingerprint density at radius 3 is 2.60 bits per heavy atom. The molecule has 0 bridgehead atoms. The lowest BCUT2D eigenvalue weighted by Crippen LogP contribution is -2.00. The Morgan fingerprint density at radius 2 is 2.00 bits per heavy atom. The molecule has 0 radical (unpaired) electrons. The van der Waals surface area contributed by atoms with Crippen LogP contribution in [0.4, 0.5) is 0 Å². The Labute approximate surface area is 94.3 Å². The molecule has 0 amide bonds. The molecule has 0 aliphatic heterocycles. The number of hydrogen-bond acceptors (Lipinski definition) is 3. The zero-order valence-corrected chi connectivity index (χ0v) is 9.18. The average molecular weight is 267 g/mol. The highest BCUT2D eigenvalue weighted by Crippen LogP contribution is 2.19. The summed E-state index contributed by atoms with van der Waals surface area (Å²) < 4.78 is 2.32. The predicted molar refractivity (Wildman–Crippen MR) is 58.3 cm³/mol. The van der Waals surface area contributed by atoms with Crippen LogP contribution in [0.5, 0.6) is 5.75 Å². The summed E-state index contributed by atoms with van der Waals surface area (Å²) in [7, 11) is 0. The van der Waals surface area contributed by atoms with Crippen molar-refractivity contribution in [3.05, 3.63) is 40.6 Å². The summed E-state index contributed by atoms with van der Waals surface area (Å²) in [5.41, 5.74) is 0.873. The van der Waals surface area contributed by atoms with Crippen LogP contribution in [-0.2, 0) is 0 Å². The van der Waals surface area contributed by atoms with E-state index in [4.69, 9.17) is 0 Å². The Kier molecular flexibility index (Phi) is 2.55. The van der Waals surface area contributed by atoms with Crippen LogP contribution in [0, 0.1) is 0 Å². The molecule has 0 saturated carbocycles. The summed E-state index contributed by atoms with van der Waals surface area (Å²) in [4.78, 5) is 10.7. The van der Waals surface area contributed by atoms with Gasteiger partial charge >= 0.3 is 0 Å². The van der Waals surface area contributed by atoms with E-state index in [1.54, 1.807) is 12.1 Å². The van der Waals surface area contributed by atoms with Gasteiger partial charge in [0.25, 0.3) is 0 Å². The molecule has 5 heteroatoms. The maximum Gasteiger partial charge on any atom is 0.172 e. The van der Waals surface area contributed by atoms with Crippen molar-refractivity contribution in [3.8, 4) is 11.4 Å². The molecule has 0 unspecified atom stereocenters. The van der Waals surface area contributed by atoms with Gasteiger partial charge in [-0.3, -0.25) is 4.79 Å². The third-order valence-corrected chi connectivity index (χ3v) is 2.50. The van der Waals surface area contributed by atoms with E-state index in [9.17, 15) is 9.90 Å². The molecule has 15 heavy (non-hydrogen) atoms. The highest BCUT2D eigenvalue weighted by Gasteiger charge is 2.09. The molecule has 0 aliphatic rings. The maximum atomic E-state index is 10.7. The Balaban J connectivity index is 2.53. The number of aldehydes is 1. The van der Waals surface area contributed by atoms with Gasteiger partial charge in [-0.2, -0.15) is 5.10 Å². The number of aromatic nitrogens is 2. The van der Waals surface area contributed by atoms with Gasteiger partial charge in [0.15, 0.2) is 12.0 Å². The van der Waals surface area contributed by atoms with Crippen molar-refractivity contribution in [2.45, 2.75) is 0 Å². The first kappa shape index (κ1) is 9.92. The van der Waals surface area contributed by atoms with Crippen molar-refractivity contribution < 1.29 is 9.90 Å². The lowest BCUT2D eigenvalue weighted by atomic mass is 10.3. The van der Waals surface area contributed by atoms with Crippen molar-refractivity contribution in [2.24, 2.45) is 0 Å². The number of rotatable bonds is 2. The first-order valence-corrected chi connectivity index (χ1v) is 5.00. The number of nitrogens with zero attached hydrogens (tertiary/aromatic N) is 2. The fourth-order valence-electron chi connectivity index (χ4n) is 1.25. The minimum absolute atomic E-state index is 0.118. The van der Waals surface area contributed by atoms with Crippen LogP contribution < -0.4 is 0 Å². The van der Waals surface area contributed by atoms with Crippen molar-refractivity contribution in [3.63, 3.8) is 0 Å². The van der Waals surface area contributed by atoms with E-state index in [0.717, 1.165) is 10.2 Å². The van der Waals surface area contributed by atoms with Gasteiger partial charge in [0.05, 0.1) is 11.9 Å². The number of benzene rings is 1. The van der Waals surface area contributed by atoms with E-state index >= 15 is 0 Å². The van der Waals surface area contributed by atoms with Crippen LogP contribution in [0.15, 0.2) is 34.9 Å². The van der Waals surface area contributed by atoms with Crippen LogP contribution >= 0.6 is 15.9 Å². The number of hydrogen-bond donors (Lipinski definition) is 1. The standard InChI is InChI=1S/C10H7BrN2O2/c11-7-1-3-8(4-2-7)13-9(6-14)10(15)5-12-13/h1-6,15H. The topological polar surface area (TPSA) is 55.1 Å². The molecule has 2 rings (SSSR count). The average Bonchev–Trinajstić information content (AvgIpc) is 2.61. The van der Waals surface area contributed by atoms with Crippen LogP contribution in [0.1, 0.15) is 10.5 Å². The molecule has 0 atom stereocenters. The van der Waals surface area contributed by atoms with Gasteiger partial charge in [-0.15, -0.1) is 0 Å². The molecule has 1 aromatic carbocycles. The summed E-state index contributed by atoms with van der Waals surface area (Å²) in [5, 5.41) is 13.2. The second kappa shape index (κ2) is 3.86. The van der Waals surface area contributed by atoms with Gasteiger partial charge in [0.1, 0.15) is 5.69 Å². The van der Waals surface area contributed by atoms with Crippen molar-refractivity contribution in [1.29, 1.82) is 0 Å². The summed E-state index contributed by atoms with van der Waals surface area (Å²) >= 11 is 3.31. The Morgan fingerprint density at radius 1 is 1.33 bits per heavy atom. The summed E-state index contributed by atoms with van der Waals surface area (Å²) in [6, 6.07) is 7.26. The Bertz CT molecular complexity index is 491. The molecular formula is C10H7BrN2O2. The van der Waals surface area contributed by atoms with E-state index in [1.807, 2.05) is 12.1 Å². The van der Waals surface area contributed by atoms with Gasteiger partial charge < -0.3 is 5.11 Å². The fraction of sp³-hybridized carbons (Fsp3) is 0. The van der Waals surface area contributed by atoms with E-state index in [1.165, 1.54) is 10.9 Å². The highest BCUT2D eigenvalue weighted by atomic mass is 79.9. The lowest BCUT2D eigenvalue weighted by molar-refractivity contribution is 0.111. The van der Waals surface area contributed by atoms with E-state index in [0.29, 0.717) is 6.29 Å². The molecule has 76 valence electrons. The summed E-state index contributed by atoms with van der Waals surface area (Å²) in [5.74, 6) is -0.118. The number of carbonyl (C=O) groups is 1. The van der Waals surface area contributed by atoms with Gasteiger partial charge in [0, 0.05) is 4.47 Å². The number of carbonyl (C=O) groups excluding carboxylic acids is 1. The number of halogens is 1. The van der Waals surface area contributed by atoms with E-state index < -0.39 is 0 Å². The molecule has 0 spiro atoms. The first-order chi connectivity index (χ1) is 7.22. The van der Waals surface area contributed by atoms with Gasteiger partial charge in [-0.1, -0.05) is 15.9 Å². The molecule has 1 aromatic heterocycles. The van der Waals surface area contributed by atoms with Crippen LogP contribution in [-0.4, -0.2) is 21.2 Å². The van der Waals surface area contributed by atoms with Crippen molar-refractivity contribution in [2.75, 3.05) is 0 Å². The minimum Gasteiger partial charge on any atom is -0.504 e. The van der Waals surface area contributed by atoms with Crippen LogP contribution in [0.2, 0.25) is 0 Å². The zero-order valence-electron chi connectivity index (χ0n) is 7.59. The van der Waals surface area contributed by atoms with E-state index in [2.05, 4.69) is 21.0 Å². The lowest BCUT2D eigenvalue weighted by Gasteiger charge is -2.02. The highest BCUT2D eigenvalue weighted by molar-refractivity contribution is 9.10. The van der Waals surface area contributed by atoms with Gasteiger partial charge in [-0.05, 0) is 24.3 Å². The largest absolute Gasteiger partial charge is 0.504 e. The van der Waals surface area contributed by atoms with Crippen molar-refractivity contribution >= 4 is 22.2 Å². The molecule has 0 saturated heterocycles. The summed E-state index contributed by atoms with van der Waals surface area (Å²) in [6.45, 7) is 0. The molecular weight excluding hydrogens is 260 g/mol. The van der Waals surface area contributed by atoms with Gasteiger partial charge in [-0.25, -0.2) is 4.68 Å². The quantitative estimate of drug-likeness (QED) is 0.848. The molecule has 0 aliphatic carbocycles. The second-order valence-corrected chi connectivity index (χ2v) is 3.84. The maximum absolute atomic E-state index is 10.7. The first-order valence-electron chi connectivity index (χ1n) is 4.20. The SMILES string of the molecule is O=Cc1c(O)cnn1-c1ccc(Br)cc1. The second-order valence-electron chi connectivity index (χ2n) is 2.92. The monoisotopic (exact) mass is 266 g/mol. The number of aromatic hydroxyl groups is 1. The normalized spacial score (nSPS) is 10.2. The van der Waals surface area contributed by atoms with Crippen LogP contribution in [0.25, 0.3) is 5.69 Å². The van der Waals surface area contributed by atoms with E-state index in [-0.39, 0.29) is 11.4 Å². The Hall–Kier alpha value is -1.62. The summed E-state index contributed by atoms with van der Waals surface area (Å²) in [6.07, 6.45) is 1.82. The minimum atomic E-state index is -0.118. The predicted octanol–water partition coefficient (Wildman–Crippen LogP) is 2.15. The van der Waals surface area contributed by atoms with Crippen molar-refractivity contribution in [1.82, 2.24) is 9.78 Å². The van der Waals surface area contributed by atoms with Gasteiger partial charge in [0.2, 0.25) is 0 Å². The molecule has 2 aromatic rings.